The monoisotopic (exact) mass is 678 g/mol. The molecule has 2 heterocycles. The molecule has 3 N–H and O–H groups in total. The first kappa shape index (κ1) is 34.8. The summed E-state index contributed by atoms with van der Waals surface area (Å²) >= 11 is 1.35. The Bertz CT molecular complexity index is 1960. The third-order valence-electron chi connectivity index (χ3n) is 9.04. The lowest BCUT2D eigenvalue weighted by Gasteiger charge is -2.34. The number of hydrogen-bond acceptors (Lipinski definition) is 8. The molecule has 8 nitrogen and oxygen atoms in total. The zero-order chi connectivity index (χ0) is 35.5. The topological polar surface area (TPSA) is 98.8 Å². The number of benzene rings is 3. The number of hydrazine groups is 1. The van der Waals surface area contributed by atoms with E-state index in [0.29, 0.717) is 21.2 Å². The second kappa shape index (κ2) is 12.4. The average molecular weight is 679 g/mol. The maximum Gasteiger partial charge on any atom is 0.157 e. The van der Waals surface area contributed by atoms with E-state index in [1.165, 1.54) is 16.6 Å². The third kappa shape index (κ3) is 7.43. The molecule has 1 unspecified atom stereocenters. The molecule has 3 aromatic carbocycles. The Morgan fingerprint density at radius 2 is 1.22 bits per heavy atom. The first-order valence-electron chi connectivity index (χ1n) is 17.0. The summed E-state index contributed by atoms with van der Waals surface area (Å²) in [6.07, 6.45) is 9.84. The predicted octanol–water partition coefficient (Wildman–Crippen LogP) is 9.59. The van der Waals surface area contributed by atoms with Crippen LogP contribution in [0.25, 0.3) is 16.7 Å². The lowest BCUT2D eigenvalue weighted by molar-refractivity contribution is 0.283. The van der Waals surface area contributed by atoms with E-state index in [1.807, 2.05) is 54.6 Å². The standard InChI is InChI=1S/C40H50N6O2S/c1-37(2,3)23-39(7,8)25-19-31(45-41-27-15-11-12-16-28(27)42-45)35(47)33(21-25)49-34-22-26(40(9,10)24-38(4,5)6)20-32(36(34)48)46-43-29-17-13-14-18-30(29)44-46/h11-22,27,41,47-48H,23-24H2,1-10H3. The second-order valence-corrected chi connectivity index (χ2v) is 18.3. The van der Waals surface area contributed by atoms with Crippen LogP contribution >= 0.6 is 11.8 Å². The molecule has 1 aliphatic carbocycles. The minimum atomic E-state index is -0.237. The van der Waals surface area contributed by atoms with Gasteiger partial charge in [-0.25, -0.2) is 0 Å². The van der Waals surface area contributed by atoms with Gasteiger partial charge in [0.2, 0.25) is 0 Å². The van der Waals surface area contributed by atoms with Gasteiger partial charge in [-0.1, -0.05) is 111 Å². The highest BCUT2D eigenvalue weighted by Gasteiger charge is 2.34. The smallest absolute Gasteiger partial charge is 0.157 e. The van der Waals surface area contributed by atoms with Gasteiger partial charge in [0.25, 0.3) is 0 Å². The second-order valence-electron chi connectivity index (χ2n) is 17.2. The molecule has 4 aromatic rings. The number of fused-ring (bicyclic) bond motifs is 2. The summed E-state index contributed by atoms with van der Waals surface area (Å²) in [5, 5.41) is 40.0. The van der Waals surface area contributed by atoms with Crippen molar-refractivity contribution in [3.8, 4) is 17.2 Å². The number of phenolic OH excluding ortho intramolecular Hbond substituents is 2. The number of aromatic nitrogens is 3. The van der Waals surface area contributed by atoms with Crippen molar-refractivity contribution in [3.63, 3.8) is 0 Å². The van der Waals surface area contributed by atoms with Crippen molar-refractivity contribution in [3.05, 3.63) is 84.0 Å². The molecule has 0 bridgehead atoms. The number of hydrazone groups is 1. The van der Waals surface area contributed by atoms with Crippen molar-refractivity contribution in [2.24, 2.45) is 15.9 Å². The van der Waals surface area contributed by atoms with Crippen LogP contribution in [0.3, 0.4) is 0 Å². The molecule has 1 aromatic heterocycles. The van der Waals surface area contributed by atoms with Gasteiger partial charge in [-0.05, 0) is 88.1 Å². The molecule has 2 aliphatic rings. The van der Waals surface area contributed by atoms with Crippen LogP contribution in [0.1, 0.15) is 93.2 Å². The highest BCUT2D eigenvalue weighted by molar-refractivity contribution is 7.99. The lowest BCUT2D eigenvalue weighted by Crippen LogP contribution is -2.37. The van der Waals surface area contributed by atoms with Crippen molar-refractivity contribution in [1.29, 1.82) is 0 Å². The van der Waals surface area contributed by atoms with E-state index in [0.717, 1.165) is 40.7 Å². The first-order valence-corrected chi connectivity index (χ1v) is 17.9. The molecule has 6 rings (SSSR count). The highest BCUT2D eigenvalue weighted by atomic mass is 32.2. The Morgan fingerprint density at radius 1 is 0.714 bits per heavy atom. The van der Waals surface area contributed by atoms with E-state index in [1.54, 1.807) is 5.12 Å². The van der Waals surface area contributed by atoms with Gasteiger partial charge in [-0.15, -0.1) is 15.0 Å². The molecule has 1 atom stereocenters. The van der Waals surface area contributed by atoms with Crippen LogP contribution in [0.15, 0.2) is 87.7 Å². The molecule has 258 valence electrons. The van der Waals surface area contributed by atoms with E-state index < -0.39 is 0 Å². The van der Waals surface area contributed by atoms with Crippen LogP contribution in [-0.2, 0) is 10.8 Å². The molecule has 1 aliphatic heterocycles. The molecular weight excluding hydrogens is 629 g/mol. The number of hydrogen-bond donors (Lipinski definition) is 3. The Kier molecular flexibility index (Phi) is 8.77. The maximum absolute atomic E-state index is 12.0. The zero-order valence-corrected chi connectivity index (χ0v) is 31.3. The highest BCUT2D eigenvalue weighted by Crippen LogP contribution is 2.50. The number of aromatic hydroxyl groups is 2. The molecule has 0 saturated carbocycles. The molecule has 9 heteroatoms. The molecular formula is C40H50N6O2S. The maximum atomic E-state index is 12.0. The van der Waals surface area contributed by atoms with E-state index in [9.17, 15) is 10.2 Å². The minimum absolute atomic E-state index is 0.0572. The summed E-state index contributed by atoms with van der Waals surface area (Å²) in [5.74, 6) is 0.147. The van der Waals surface area contributed by atoms with Gasteiger partial charge in [0.15, 0.2) is 11.5 Å². The molecule has 49 heavy (non-hydrogen) atoms. The predicted molar refractivity (Wildman–Crippen MR) is 202 cm³/mol. The fourth-order valence-electron chi connectivity index (χ4n) is 7.51. The number of rotatable bonds is 8. The number of nitrogens with one attached hydrogen (secondary N) is 1. The van der Waals surface area contributed by atoms with Gasteiger partial charge < -0.3 is 10.2 Å². The van der Waals surface area contributed by atoms with Crippen LogP contribution < -0.4 is 10.5 Å². The van der Waals surface area contributed by atoms with Crippen molar-refractivity contribution >= 4 is 34.2 Å². The Hall–Kier alpha value is -4.08. The van der Waals surface area contributed by atoms with Crippen LogP contribution in [0.2, 0.25) is 0 Å². The number of allylic oxidation sites excluding steroid dienone is 2. The van der Waals surface area contributed by atoms with Crippen LogP contribution in [0.4, 0.5) is 5.69 Å². The number of phenols is 2. The van der Waals surface area contributed by atoms with E-state index in [-0.39, 0.29) is 39.2 Å². The van der Waals surface area contributed by atoms with Crippen LogP contribution in [0.5, 0.6) is 11.5 Å². The molecule has 0 spiro atoms. The van der Waals surface area contributed by atoms with Crippen LogP contribution in [-0.4, -0.2) is 37.0 Å². The summed E-state index contributed by atoms with van der Waals surface area (Å²) in [5.41, 5.74) is 8.67. The van der Waals surface area contributed by atoms with Gasteiger partial charge in [0, 0.05) is 0 Å². The fraction of sp³-hybridized carbons (Fsp3) is 0.425. The number of anilines is 1. The molecule has 0 radical (unpaired) electrons. The van der Waals surface area contributed by atoms with Gasteiger partial charge in [0.1, 0.15) is 22.4 Å². The molecule has 0 amide bonds. The number of nitrogens with zero attached hydrogens (tertiary/aromatic N) is 5. The Labute approximate surface area is 295 Å². The van der Waals surface area contributed by atoms with Gasteiger partial charge >= 0.3 is 0 Å². The Morgan fingerprint density at radius 3 is 1.73 bits per heavy atom. The average Bonchev–Trinajstić information content (AvgIpc) is 3.61. The van der Waals surface area contributed by atoms with Crippen molar-refractivity contribution < 1.29 is 10.2 Å². The van der Waals surface area contributed by atoms with E-state index in [4.69, 9.17) is 15.3 Å². The SMILES string of the molecule is CC(C)(C)CC(C)(C)c1cc(Sc2cc(C(C)(C)CC(C)(C)C)cc(-n3nc4ccccc4n3)c2O)c(O)c(N2N=C3C=CC=CC3N2)c1. The summed E-state index contributed by atoms with van der Waals surface area (Å²) in [7, 11) is 0. The largest absolute Gasteiger partial charge is 0.505 e. The van der Waals surface area contributed by atoms with Crippen molar-refractivity contribution in [2.75, 3.05) is 5.12 Å². The zero-order valence-electron chi connectivity index (χ0n) is 30.5. The molecule has 0 saturated heterocycles. The summed E-state index contributed by atoms with van der Waals surface area (Å²) in [6.45, 7) is 22.5. The van der Waals surface area contributed by atoms with Gasteiger partial charge in [-0.2, -0.15) is 15.6 Å². The van der Waals surface area contributed by atoms with Crippen LogP contribution in [0, 0.1) is 10.8 Å². The van der Waals surface area contributed by atoms with Gasteiger partial charge in [0.05, 0.1) is 21.5 Å². The van der Waals surface area contributed by atoms with E-state index >= 15 is 0 Å². The lowest BCUT2D eigenvalue weighted by atomic mass is 9.72. The normalized spacial score (nSPS) is 16.8. The summed E-state index contributed by atoms with van der Waals surface area (Å²) < 4.78 is 0. The molecule has 0 fully saturated rings. The minimum Gasteiger partial charge on any atom is -0.505 e. The summed E-state index contributed by atoms with van der Waals surface area (Å²) in [6, 6.07) is 15.8. The quantitative estimate of drug-likeness (QED) is 0.171. The van der Waals surface area contributed by atoms with Crippen molar-refractivity contribution in [1.82, 2.24) is 20.4 Å². The van der Waals surface area contributed by atoms with Gasteiger partial charge in [-0.3, -0.25) is 0 Å². The van der Waals surface area contributed by atoms with E-state index in [2.05, 4.69) is 92.9 Å². The van der Waals surface area contributed by atoms with Crippen molar-refractivity contribution in [2.45, 2.75) is 109 Å². The summed E-state index contributed by atoms with van der Waals surface area (Å²) in [4.78, 5) is 2.77. The fourth-order valence-corrected chi connectivity index (χ4v) is 8.53. The third-order valence-corrected chi connectivity index (χ3v) is 10.1. The first-order chi connectivity index (χ1) is 22.8. The Balaban J connectivity index is 1.52.